The van der Waals surface area contributed by atoms with Crippen LogP contribution in [0.1, 0.15) is 0 Å². The Labute approximate surface area is 91.1 Å². The molecule has 5 nitrogen and oxygen atoms in total. The third kappa shape index (κ3) is 2.05. The maximum absolute atomic E-state index is 13.0. The standard InChI is InChI=1S/C10H9FN4O/c1-16-10-14-8(13-9(12)15-10)6-3-2-4-7(11)5-6/h2-5H,1H3,(H2,12,13,14,15). The number of ether oxygens (including phenoxy) is 1. The van der Waals surface area contributed by atoms with Gasteiger partial charge in [-0.1, -0.05) is 12.1 Å². The maximum Gasteiger partial charge on any atom is 0.321 e. The van der Waals surface area contributed by atoms with Gasteiger partial charge in [-0.15, -0.1) is 0 Å². The molecule has 1 aromatic carbocycles. The van der Waals surface area contributed by atoms with Gasteiger partial charge in [-0.25, -0.2) is 4.39 Å². The fourth-order valence-corrected chi connectivity index (χ4v) is 1.22. The molecule has 1 aromatic heterocycles. The van der Waals surface area contributed by atoms with Gasteiger partial charge in [0, 0.05) is 5.56 Å². The molecule has 0 unspecified atom stereocenters. The lowest BCUT2D eigenvalue weighted by Gasteiger charge is -2.03. The highest BCUT2D eigenvalue weighted by molar-refractivity contribution is 5.56. The summed E-state index contributed by atoms with van der Waals surface area (Å²) in [5.74, 6) is -0.0505. The van der Waals surface area contributed by atoms with E-state index in [0.29, 0.717) is 5.56 Å². The molecule has 2 aromatic rings. The van der Waals surface area contributed by atoms with Crippen molar-refractivity contribution < 1.29 is 9.13 Å². The molecular weight excluding hydrogens is 211 g/mol. The molecule has 6 heteroatoms. The summed E-state index contributed by atoms with van der Waals surface area (Å²) in [5, 5.41) is 0. The summed E-state index contributed by atoms with van der Waals surface area (Å²) < 4.78 is 17.9. The van der Waals surface area contributed by atoms with Gasteiger partial charge in [-0.2, -0.15) is 15.0 Å². The molecule has 82 valence electrons. The lowest BCUT2D eigenvalue weighted by molar-refractivity contribution is 0.379. The number of methoxy groups -OCH3 is 1. The van der Waals surface area contributed by atoms with Crippen molar-refractivity contribution in [3.63, 3.8) is 0 Å². The predicted molar refractivity (Wildman–Crippen MR) is 56.2 cm³/mol. The molecule has 0 fully saturated rings. The third-order valence-corrected chi connectivity index (χ3v) is 1.90. The number of hydrogen-bond donors (Lipinski definition) is 1. The van der Waals surface area contributed by atoms with E-state index in [1.807, 2.05) is 0 Å². The minimum absolute atomic E-state index is 0.0334. The van der Waals surface area contributed by atoms with E-state index in [9.17, 15) is 4.39 Å². The highest BCUT2D eigenvalue weighted by atomic mass is 19.1. The maximum atomic E-state index is 13.0. The quantitative estimate of drug-likeness (QED) is 0.824. The van der Waals surface area contributed by atoms with Gasteiger partial charge in [0.25, 0.3) is 0 Å². The van der Waals surface area contributed by atoms with Crippen LogP contribution in [0.3, 0.4) is 0 Å². The Hall–Kier alpha value is -2.24. The molecule has 2 N–H and O–H groups in total. The van der Waals surface area contributed by atoms with E-state index in [4.69, 9.17) is 10.5 Å². The highest BCUT2D eigenvalue weighted by Gasteiger charge is 2.07. The van der Waals surface area contributed by atoms with Gasteiger partial charge in [-0.05, 0) is 12.1 Å². The number of halogens is 1. The zero-order chi connectivity index (χ0) is 11.5. The topological polar surface area (TPSA) is 73.9 Å². The molecule has 0 bridgehead atoms. The molecule has 0 spiro atoms. The van der Waals surface area contributed by atoms with Gasteiger partial charge in [0.1, 0.15) is 5.82 Å². The highest BCUT2D eigenvalue weighted by Crippen LogP contribution is 2.18. The number of nitrogens with two attached hydrogens (primary N) is 1. The second kappa shape index (κ2) is 4.09. The van der Waals surface area contributed by atoms with Crippen molar-refractivity contribution in [3.8, 4) is 17.4 Å². The second-order valence-corrected chi connectivity index (χ2v) is 3.01. The number of hydrogen-bond acceptors (Lipinski definition) is 5. The van der Waals surface area contributed by atoms with Crippen molar-refractivity contribution in [2.45, 2.75) is 0 Å². The van der Waals surface area contributed by atoms with Gasteiger partial charge in [0.2, 0.25) is 5.95 Å². The van der Waals surface area contributed by atoms with Gasteiger partial charge in [-0.3, -0.25) is 0 Å². The summed E-state index contributed by atoms with van der Waals surface area (Å²) in [6.07, 6.45) is 0. The van der Waals surface area contributed by atoms with Crippen LogP contribution in [0.2, 0.25) is 0 Å². The third-order valence-electron chi connectivity index (χ3n) is 1.90. The zero-order valence-corrected chi connectivity index (χ0v) is 8.51. The lowest BCUT2D eigenvalue weighted by atomic mass is 10.2. The van der Waals surface area contributed by atoms with Crippen LogP contribution >= 0.6 is 0 Å². The molecule has 2 rings (SSSR count). The fraction of sp³-hybridized carbons (Fsp3) is 0.100. The molecule has 16 heavy (non-hydrogen) atoms. The zero-order valence-electron chi connectivity index (χ0n) is 8.51. The van der Waals surface area contributed by atoms with Crippen molar-refractivity contribution in [1.29, 1.82) is 0 Å². The monoisotopic (exact) mass is 220 g/mol. The first-order chi connectivity index (χ1) is 7.69. The van der Waals surface area contributed by atoms with Gasteiger partial charge in [0.05, 0.1) is 7.11 Å². The van der Waals surface area contributed by atoms with Crippen LogP contribution in [0.15, 0.2) is 24.3 Å². The average molecular weight is 220 g/mol. The van der Waals surface area contributed by atoms with Gasteiger partial charge >= 0.3 is 6.01 Å². The van der Waals surface area contributed by atoms with Gasteiger partial charge < -0.3 is 10.5 Å². The lowest BCUT2D eigenvalue weighted by Crippen LogP contribution is -2.02. The molecular formula is C10H9FN4O. The number of benzene rings is 1. The molecule has 0 aliphatic heterocycles. The first-order valence-corrected chi connectivity index (χ1v) is 4.50. The summed E-state index contributed by atoms with van der Waals surface area (Å²) in [7, 11) is 1.42. The molecule has 0 saturated heterocycles. The van der Waals surface area contributed by atoms with E-state index < -0.39 is 0 Å². The van der Waals surface area contributed by atoms with Crippen molar-refractivity contribution in [3.05, 3.63) is 30.1 Å². The molecule has 0 saturated carbocycles. The van der Waals surface area contributed by atoms with E-state index >= 15 is 0 Å². The average Bonchev–Trinajstić information content (AvgIpc) is 2.28. The van der Waals surface area contributed by atoms with Crippen LogP contribution in [0.5, 0.6) is 6.01 Å². The SMILES string of the molecule is COc1nc(N)nc(-c2cccc(F)c2)n1. The first-order valence-electron chi connectivity index (χ1n) is 4.50. The minimum atomic E-state index is -0.365. The Morgan fingerprint density at radius 3 is 2.75 bits per heavy atom. The van der Waals surface area contributed by atoms with E-state index in [1.54, 1.807) is 12.1 Å². The Bertz CT molecular complexity index is 518. The van der Waals surface area contributed by atoms with Crippen molar-refractivity contribution in [2.24, 2.45) is 0 Å². The second-order valence-electron chi connectivity index (χ2n) is 3.01. The normalized spacial score (nSPS) is 10.1. The molecule has 0 aliphatic rings. The molecule has 0 aliphatic carbocycles. The van der Waals surface area contributed by atoms with Crippen molar-refractivity contribution >= 4 is 5.95 Å². The number of nitrogen functional groups attached to an aromatic ring is 1. The van der Waals surface area contributed by atoms with Crippen LogP contribution in [0.25, 0.3) is 11.4 Å². The number of nitrogens with zero attached hydrogens (tertiary/aromatic N) is 3. The van der Waals surface area contributed by atoms with Crippen LogP contribution in [-0.2, 0) is 0 Å². The summed E-state index contributed by atoms with van der Waals surface area (Å²) in [4.78, 5) is 11.6. The molecule has 0 amide bonds. The summed E-state index contributed by atoms with van der Waals surface area (Å²) in [6, 6.07) is 6.00. The number of anilines is 1. The largest absolute Gasteiger partial charge is 0.467 e. The smallest absolute Gasteiger partial charge is 0.321 e. The van der Waals surface area contributed by atoms with Crippen molar-refractivity contribution in [1.82, 2.24) is 15.0 Å². The number of rotatable bonds is 2. The molecule has 0 atom stereocenters. The van der Waals surface area contributed by atoms with E-state index in [-0.39, 0.29) is 23.6 Å². The van der Waals surface area contributed by atoms with Crippen LogP contribution < -0.4 is 10.5 Å². The molecule has 1 heterocycles. The summed E-state index contributed by atoms with van der Waals surface area (Å²) in [6.45, 7) is 0. The van der Waals surface area contributed by atoms with E-state index in [2.05, 4.69) is 15.0 Å². The Morgan fingerprint density at radius 2 is 2.06 bits per heavy atom. The summed E-state index contributed by atoms with van der Waals surface area (Å²) >= 11 is 0. The van der Waals surface area contributed by atoms with E-state index in [0.717, 1.165) is 0 Å². The molecule has 0 radical (unpaired) electrons. The van der Waals surface area contributed by atoms with Crippen LogP contribution in [0.4, 0.5) is 10.3 Å². The van der Waals surface area contributed by atoms with Crippen LogP contribution in [0, 0.1) is 5.82 Å². The van der Waals surface area contributed by atoms with Crippen LogP contribution in [-0.4, -0.2) is 22.1 Å². The van der Waals surface area contributed by atoms with E-state index in [1.165, 1.54) is 19.2 Å². The Kier molecular flexibility index (Phi) is 2.63. The summed E-state index contributed by atoms with van der Waals surface area (Å²) in [5.41, 5.74) is 6.00. The minimum Gasteiger partial charge on any atom is -0.467 e. The number of aromatic nitrogens is 3. The fourth-order valence-electron chi connectivity index (χ4n) is 1.22. The van der Waals surface area contributed by atoms with Crippen molar-refractivity contribution in [2.75, 3.05) is 12.8 Å². The first kappa shape index (κ1) is 10.3. The van der Waals surface area contributed by atoms with Gasteiger partial charge in [0.15, 0.2) is 5.82 Å². The Morgan fingerprint density at radius 1 is 1.25 bits per heavy atom. The Balaban J connectivity index is 2.51. The predicted octanol–water partition coefficient (Wildman–Crippen LogP) is 1.27.